The molecule has 4 aromatic rings. The molecule has 35 heavy (non-hydrogen) atoms. The van der Waals surface area contributed by atoms with Crippen molar-refractivity contribution in [2.45, 2.75) is 45.4 Å². The zero-order valence-corrected chi connectivity index (χ0v) is 20.3. The smallest absolute Gasteiger partial charge is 0.145 e. The van der Waals surface area contributed by atoms with Crippen molar-refractivity contribution in [3.8, 4) is 17.0 Å². The van der Waals surface area contributed by atoms with Gasteiger partial charge in [0, 0.05) is 10.9 Å². The summed E-state index contributed by atoms with van der Waals surface area (Å²) in [5.41, 5.74) is 2.58. The summed E-state index contributed by atoms with van der Waals surface area (Å²) in [6, 6.07) is 15.2. The SMILES string of the molecule is CCCCCCOc1ccc(-c2ccc3c(F)c(CCc4cc(F)c(Cl)c(F)c4)ccc3c2)nc1. The van der Waals surface area contributed by atoms with E-state index in [1.54, 1.807) is 18.3 Å². The van der Waals surface area contributed by atoms with Gasteiger partial charge in [-0.15, -0.1) is 0 Å². The number of benzene rings is 3. The van der Waals surface area contributed by atoms with E-state index in [-0.39, 0.29) is 5.82 Å². The van der Waals surface area contributed by atoms with Crippen LogP contribution >= 0.6 is 11.6 Å². The third-order valence-corrected chi connectivity index (χ3v) is 6.42. The molecule has 6 heteroatoms. The summed E-state index contributed by atoms with van der Waals surface area (Å²) in [4.78, 5) is 4.50. The lowest BCUT2D eigenvalue weighted by atomic mass is 9.98. The normalized spacial score (nSPS) is 11.2. The summed E-state index contributed by atoms with van der Waals surface area (Å²) in [7, 11) is 0. The maximum absolute atomic E-state index is 15.2. The summed E-state index contributed by atoms with van der Waals surface area (Å²) in [6.45, 7) is 2.86. The third-order valence-electron chi connectivity index (χ3n) is 6.06. The van der Waals surface area contributed by atoms with Crippen LogP contribution in [0.1, 0.15) is 43.7 Å². The van der Waals surface area contributed by atoms with Crippen LogP contribution < -0.4 is 4.74 Å². The Bertz CT molecular complexity index is 1280. The van der Waals surface area contributed by atoms with Gasteiger partial charge < -0.3 is 4.74 Å². The van der Waals surface area contributed by atoms with E-state index in [1.807, 2.05) is 30.3 Å². The van der Waals surface area contributed by atoms with Crippen molar-refractivity contribution in [3.05, 3.63) is 94.4 Å². The Kier molecular flexibility index (Phi) is 8.29. The van der Waals surface area contributed by atoms with Crippen molar-refractivity contribution in [1.82, 2.24) is 4.98 Å². The third kappa shape index (κ3) is 6.15. The van der Waals surface area contributed by atoms with Gasteiger partial charge in [0.25, 0.3) is 0 Å². The Morgan fingerprint density at radius 3 is 2.37 bits per heavy atom. The molecule has 0 radical (unpaired) electrons. The van der Waals surface area contributed by atoms with E-state index in [2.05, 4.69) is 11.9 Å². The van der Waals surface area contributed by atoms with E-state index in [4.69, 9.17) is 16.3 Å². The predicted octanol–water partition coefficient (Wildman–Crippen LogP) is 8.72. The molecule has 0 unspecified atom stereocenters. The number of hydrogen-bond donors (Lipinski definition) is 0. The van der Waals surface area contributed by atoms with E-state index in [1.165, 1.54) is 25.0 Å². The quantitative estimate of drug-likeness (QED) is 0.161. The fourth-order valence-corrected chi connectivity index (χ4v) is 4.19. The van der Waals surface area contributed by atoms with Gasteiger partial charge in [0.2, 0.25) is 0 Å². The average molecular weight is 498 g/mol. The largest absolute Gasteiger partial charge is 0.492 e. The second-order valence-corrected chi connectivity index (χ2v) is 9.01. The summed E-state index contributed by atoms with van der Waals surface area (Å²) >= 11 is 5.54. The second-order valence-electron chi connectivity index (χ2n) is 8.64. The van der Waals surface area contributed by atoms with Gasteiger partial charge in [0.15, 0.2) is 0 Å². The monoisotopic (exact) mass is 497 g/mol. The molecule has 0 fully saturated rings. The average Bonchev–Trinajstić information content (AvgIpc) is 2.87. The number of halogens is 4. The first-order valence-electron chi connectivity index (χ1n) is 11.9. The Morgan fingerprint density at radius 1 is 0.857 bits per heavy atom. The Labute approximate surface area is 208 Å². The summed E-state index contributed by atoms with van der Waals surface area (Å²) in [6.07, 6.45) is 6.92. The number of ether oxygens (including phenoxy) is 1. The van der Waals surface area contributed by atoms with Crippen molar-refractivity contribution in [2.24, 2.45) is 0 Å². The van der Waals surface area contributed by atoms with Crippen LogP contribution in [0.5, 0.6) is 5.75 Å². The highest BCUT2D eigenvalue weighted by molar-refractivity contribution is 6.30. The molecule has 0 saturated heterocycles. The molecule has 0 bridgehead atoms. The number of hydrogen-bond acceptors (Lipinski definition) is 2. The number of nitrogens with zero attached hydrogens (tertiary/aromatic N) is 1. The van der Waals surface area contributed by atoms with Crippen LogP contribution in [0.3, 0.4) is 0 Å². The highest BCUT2D eigenvalue weighted by Crippen LogP contribution is 2.28. The number of unbranched alkanes of at least 4 members (excludes halogenated alkanes) is 3. The minimum atomic E-state index is -0.812. The molecule has 0 aliphatic heterocycles. The van der Waals surface area contributed by atoms with Gasteiger partial charge in [-0.3, -0.25) is 4.98 Å². The van der Waals surface area contributed by atoms with Crippen LogP contribution in [0.4, 0.5) is 13.2 Å². The predicted molar refractivity (Wildman–Crippen MR) is 136 cm³/mol. The van der Waals surface area contributed by atoms with E-state index in [0.29, 0.717) is 36.0 Å². The number of aromatic nitrogens is 1. The number of aryl methyl sites for hydroxylation is 2. The first-order valence-corrected chi connectivity index (χ1v) is 12.3. The zero-order valence-electron chi connectivity index (χ0n) is 19.6. The lowest BCUT2D eigenvalue weighted by molar-refractivity contribution is 0.304. The van der Waals surface area contributed by atoms with Crippen molar-refractivity contribution in [2.75, 3.05) is 6.61 Å². The molecule has 1 aromatic heterocycles. The van der Waals surface area contributed by atoms with Gasteiger partial charge in [0.1, 0.15) is 28.2 Å². The van der Waals surface area contributed by atoms with Gasteiger partial charge >= 0.3 is 0 Å². The second kappa shape index (κ2) is 11.6. The van der Waals surface area contributed by atoms with E-state index in [9.17, 15) is 8.78 Å². The lowest BCUT2D eigenvalue weighted by Crippen LogP contribution is -1.98. The minimum absolute atomic E-state index is 0.294. The molecule has 0 atom stereocenters. The number of pyridine rings is 1. The van der Waals surface area contributed by atoms with E-state index < -0.39 is 16.7 Å². The van der Waals surface area contributed by atoms with E-state index >= 15 is 4.39 Å². The Hall–Kier alpha value is -3.05. The van der Waals surface area contributed by atoms with Gasteiger partial charge in [-0.25, -0.2) is 13.2 Å². The molecule has 0 N–H and O–H groups in total. The topological polar surface area (TPSA) is 22.1 Å². The van der Waals surface area contributed by atoms with Gasteiger partial charge in [-0.2, -0.15) is 0 Å². The standard InChI is InChI=1S/C29H27ClF3NO/c1-2-3-4-5-14-35-23-11-13-27(34-18-23)22-10-12-24-21(17-22)9-8-20(29(24)33)7-6-19-15-25(31)28(30)26(32)16-19/h8-13,15-18H,2-7,14H2,1H3. The number of fused-ring (bicyclic) bond motifs is 1. The van der Waals surface area contributed by atoms with Crippen LogP contribution in [0.2, 0.25) is 5.02 Å². The molecule has 4 rings (SSSR count). The molecular formula is C29H27ClF3NO. The van der Waals surface area contributed by atoms with Crippen LogP contribution in [-0.2, 0) is 12.8 Å². The molecule has 0 aliphatic rings. The zero-order chi connectivity index (χ0) is 24.8. The molecule has 0 aliphatic carbocycles. The first-order chi connectivity index (χ1) is 17.0. The number of rotatable bonds is 10. The molecule has 0 spiro atoms. The van der Waals surface area contributed by atoms with Gasteiger partial charge in [0.05, 0.1) is 18.5 Å². The molecule has 0 saturated carbocycles. The Morgan fingerprint density at radius 2 is 1.66 bits per heavy atom. The van der Waals surface area contributed by atoms with Crippen LogP contribution in [0.15, 0.2) is 60.8 Å². The fraction of sp³-hybridized carbons (Fsp3) is 0.276. The molecule has 182 valence electrons. The summed E-state index contributed by atoms with van der Waals surface area (Å²) in [5, 5.41) is 0.720. The highest BCUT2D eigenvalue weighted by atomic mass is 35.5. The molecule has 0 amide bonds. The summed E-state index contributed by atoms with van der Waals surface area (Å²) < 4.78 is 48.3. The van der Waals surface area contributed by atoms with Gasteiger partial charge in [-0.05, 0) is 66.1 Å². The van der Waals surface area contributed by atoms with Crippen LogP contribution in [0, 0.1) is 17.5 Å². The Balaban J connectivity index is 1.45. The maximum atomic E-state index is 15.2. The van der Waals surface area contributed by atoms with Crippen molar-refractivity contribution < 1.29 is 17.9 Å². The molecule has 2 nitrogen and oxygen atoms in total. The molecular weight excluding hydrogens is 471 g/mol. The van der Waals surface area contributed by atoms with Gasteiger partial charge in [-0.1, -0.05) is 62.1 Å². The first kappa shape index (κ1) is 25.1. The van der Waals surface area contributed by atoms with E-state index in [0.717, 1.165) is 35.2 Å². The highest BCUT2D eigenvalue weighted by Gasteiger charge is 2.12. The van der Waals surface area contributed by atoms with Crippen molar-refractivity contribution >= 4 is 22.4 Å². The fourth-order valence-electron chi connectivity index (χ4n) is 4.08. The van der Waals surface area contributed by atoms with Crippen LogP contribution in [0.25, 0.3) is 22.0 Å². The van der Waals surface area contributed by atoms with Crippen molar-refractivity contribution in [1.29, 1.82) is 0 Å². The minimum Gasteiger partial charge on any atom is -0.492 e. The lowest BCUT2D eigenvalue weighted by Gasteiger charge is -2.10. The summed E-state index contributed by atoms with van der Waals surface area (Å²) in [5.74, 6) is -1.22. The molecule has 3 aromatic carbocycles. The maximum Gasteiger partial charge on any atom is 0.145 e. The van der Waals surface area contributed by atoms with Crippen LogP contribution in [-0.4, -0.2) is 11.6 Å². The van der Waals surface area contributed by atoms with Crippen molar-refractivity contribution in [3.63, 3.8) is 0 Å². The molecule has 1 heterocycles.